The van der Waals surface area contributed by atoms with Gasteiger partial charge in [0, 0.05) is 23.0 Å². The Morgan fingerprint density at radius 1 is 1.23 bits per heavy atom. The fourth-order valence-electron chi connectivity index (χ4n) is 1.71. The van der Waals surface area contributed by atoms with Gasteiger partial charge in [-0.3, -0.25) is 0 Å². The molecule has 0 aromatic heterocycles. The Bertz CT molecular complexity index is 308. The molecule has 0 unspecified atom stereocenters. The highest BCUT2D eigenvalue weighted by atomic mass is 35.5. The van der Waals surface area contributed by atoms with E-state index >= 15 is 0 Å². The van der Waals surface area contributed by atoms with E-state index in [1.54, 1.807) is 0 Å². The molecule has 13 heavy (non-hydrogen) atoms. The largest absolute Gasteiger partial charge is 0.371 e. The molecule has 3 heteroatoms. The van der Waals surface area contributed by atoms with E-state index in [4.69, 9.17) is 11.6 Å². The zero-order chi connectivity index (χ0) is 9.26. The van der Waals surface area contributed by atoms with Gasteiger partial charge < -0.3 is 4.90 Å². The van der Waals surface area contributed by atoms with Gasteiger partial charge >= 0.3 is 0 Å². The maximum absolute atomic E-state index is 5.93. The summed E-state index contributed by atoms with van der Waals surface area (Å²) in [6.07, 6.45) is 2.56. The molecule has 0 amide bonds. The average Bonchev–Trinajstić information content (AvgIpc) is 2.61. The lowest BCUT2D eigenvalue weighted by molar-refractivity contribution is 0.949. The number of halogens is 1. The molecule has 0 saturated carbocycles. The molecule has 1 fully saturated rings. The average molecular weight is 214 g/mol. The van der Waals surface area contributed by atoms with Gasteiger partial charge in [-0.15, -0.1) is 12.6 Å². The Morgan fingerprint density at radius 2 is 1.92 bits per heavy atom. The van der Waals surface area contributed by atoms with E-state index in [9.17, 15) is 0 Å². The minimum absolute atomic E-state index is 0.791. The highest BCUT2D eigenvalue weighted by Crippen LogP contribution is 2.29. The molecule has 1 nitrogen and oxygen atoms in total. The molecule has 1 heterocycles. The number of benzene rings is 1. The van der Waals surface area contributed by atoms with Crippen molar-refractivity contribution in [2.75, 3.05) is 18.0 Å². The molecule has 2 rings (SSSR count). The van der Waals surface area contributed by atoms with Crippen molar-refractivity contribution < 1.29 is 0 Å². The van der Waals surface area contributed by atoms with Crippen LogP contribution in [0.15, 0.2) is 23.1 Å². The van der Waals surface area contributed by atoms with Crippen LogP contribution in [-0.4, -0.2) is 13.1 Å². The van der Waals surface area contributed by atoms with Crippen LogP contribution in [0, 0.1) is 0 Å². The number of nitrogens with zero attached hydrogens (tertiary/aromatic N) is 1. The van der Waals surface area contributed by atoms with Crippen molar-refractivity contribution in [1.29, 1.82) is 0 Å². The zero-order valence-corrected chi connectivity index (χ0v) is 8.98. The maximum Gasteiger partial charge on any atom is 0.0516 e. The predicted molar refractivity (Wildman–Crippen MR) is 60.2 cm³/mol. The normalized spacial score (nSPS) is 16.6. The van der Waals surface area contributed by atoms with Crippen LogP contribution < -0.4 is 4.90 Å². The van der Waals surface area contributed by atoms with Gasteiger partial charge in [-0.05, 0) is 31.0 Å². The summed E-state index contributed by atoms with van der Waals surface area (Å²) in [6.45, 7) is 2.27. The summed E-state index contributed by atoms with van der Waals surface area (Å²) in [4.78, 5) is 3.36. The van der Waals surface area contributed by atoms with Crippen molar-refractivity contribution in [2.24, 2.45) is 0 Å². The first-order valence-electron chi connectivity index (χ1n) is 4.51. The van der Waals surface area contributed by atoms with Crippen LogP contribution in [-0.2, 0) is 0 Å². The molecule has 1 aromatic rings. The van der Waals surface area contributed by atoms with Crippen LogP contribution in [0.4, 0.5) is 5.69 Å². The van der Waals surface area contributed by atoms with Crippen molar-refractivity contribution in [3.8, 4) is 0 Å². The topological polar surface area (TPSA) is 3.24 Å². The molecule has 0 spiro atoms. The lowest BCUT2D eigenvalue weighted by atomic mass is 10.3. The lowest BCUT2D eigenvalue weighted by Gasteiger charge is -2.19. The van der Waals surface area contributed by atoms with E-state index < -0.39 is 0 Å². The van der Waals surface area contributed by atoms with Crippen molar-refractivity contribution in [2.45, 2.75) is 17.7 Å². The second-order valence-electron chi connectivity index (χ2n) is 3.33. The Balaban J connectivity index is 2.32. The number of thiol groups is 1. The molecule has 0 atom stereocenters. The second kappa shape index (κ2) is 3.81. The Kier molecular flexibility index (Phi) is 2.70. The molecule has 1 aromatic carbocycles. The highest BCUT2D eigenvalue weighted by Gasteiger charge is 2.14. The molecule has 0 N–H and O–H groups in total. The second-order valence-corrected chi connectivity index (χ2v) is 4.25. The molecule has 0 bridgehead atoms. The van der Waals surface area contributed by atoms with Crippen LogP contribution >= 0.6 is 24.2 Å². The third-order valence-corrected chi connectivity index (χ3v) is 3.00. The first-order chi connectivity index (χ1) is 6.27. The summed E-state index contributed by atoms with van der Waals surface area (Å²) in [6, 6.07) is 5.83. The first kappa shape index (κ1) is 9.22. The fraction of sp³-hybridized carbons (Fsp3) is 0.400. The van der Waals surface area contributed by atoms with Gasteiger partial charge in [0.25, 0.3) is 0 Å². The van der Waals surface area contributed by atoms with Gasteiger partial charge in [0.05, 0.1) is 5.69 Å². The molecule has 0 aliphatic carbocycles. The number of anilines is 1. The SMILES string of the molecule is Sc1ccc(Cl)cc1N1CCCC1. The molecule has 1 aliphatic heterocycles. The predicted octanol–water partition coefficient (Wildman–Crippen LogP) is 3.23. The van der Waals surface area contributed by atoms with Crippen LogP contribution in [0.2, 0.25) is 5.02 Å². The third kappa shape index (κ3) is 1.94. The third-order valence-electron chi connectivity index (χ3n) is 2.38. The zero-order valence-electron chi connectivity index (χ0n) is 7.33. The molecular formula is C10H12ClNS. The van der Waals surface area contributed by atoms with Crippen LogP contribution in [0.25, 0.3) is 0 Å². The van der Waals surface area contributed by atoms with Crippen molar-refractivity contribution >= 4 is 29.9 Å². The molecule has 70 valence electrons. The van der Waals surface area contributed by atoms with Gasteiger partial charge in [-0.1, -0.05) is 11.6 Å². The van der Waals surface area contributed by atoms with Gasteiger partial charge in [-0.25, -0.2) is 0 Å². The monoisotopic (exact) mass is 213 g/mol. The molecule has 0 radical (unpaired) electrons. The summed E-state index contributed by atoms with van der Waals surface area (Å²) in [5, 5.41) is 0.791. The van der Waals surface area contributed by atoms with Crippen molar-refractivity contribution in [1.82, 2.24) is 0 Å². The van der Waals surface area contributed by atoms with Crippen LogP contribution in [0.1, 0.15) is 12.8 Å². The lowest BCUT2D eigenvalue weighted by Crippen LogP contribution is -2.17. The van der Waals surface area contributed by atoms with Gasteiger partial charge in [0.15, 0.2) is 0 Å². The summed E-state index contributed by atoms with van der Waals surface area (Å²) >= 11 is 10.4. The summed E-state index contributed by atoms with van der Waals surface area (Å²) in [7, 11) is 0. The van der Waals surface area contributed by atoms with E-state index in [0.717, 1.165) is 23.0 Å². The Hall–Kier alpha value is -0.340. The first-order valence-corrected chi connectivity index (χ1v) is 5.33. The number of hydrogen-bond donors (Lipinski definition) is 1. The maximum atomic E-state index is 5.93. The van der Waals surface area contributed by atoms with Gasteiger partial charge in [0.2, 0.25) is 0 Å². The number of hydrogen-bond acceptors (Lipinski definition) is 2. The van der Waals surface area contributed by atoms with Crippen LogP contribution in [0.5, 0.6) is 0 Å². The van der Waals surface area contributed by atoms with Gasteiger partial charge in [-0.2, -0.15) is 0 Å². The minimum Gasteiger partial charge on any atom is -0.371 e. The van der Waals surface area contributed by atoms with E-state index in [-0.39, 0.29) is 0 Å². The van der Waals surface area contributed by atoms with Crippen LogP contribution in [0.3, 0.4) is 0 Å². The fourth-order valence-corrected chi connectivity index (χ4v) is 2.15. The Morgan fingerprint density at radius 3 is 2.62 bits per heavy atom. The van der Waals surface area contributed by atoms with E-state index in [0.29, 0.717) is 0 Å². The van der Waals surface area contributed by atoms with Crippen molar-refractivity contribution in [3.63, 3.8) is 0 Å². The smallest absolute Gasteiger partial charge is 0.0516 e. The summed E-state index contributed by atoms with van der Waals surface area (Å²) in [5.41, 5.74) is 1.17. The van der Waals surface area contributed by atoms with E-state index in [2.05, 4.69) is 17.5 Å². The summed E-state index contributed by atoms with van der Waals surface area (Å²) < 4.78 is 0. The minimum atomic E-state index is 0.791. The standard InChI is InChI=1S/C10H12ClNS/c11-8-3-4-10(13)9(7-8)12-5-1-2-6-12/h3-4,7,13H,1-2,5-6H2. The van der Waals surface area contributed by atoms with E-state index in [1.165, 1.54) is 18.5 Å². The molecule has 1 aliphatic rings. The van der Waals surface area contributed by atoms with E-state index in [1.807, 2.05) is 18.2 Å². The molecular weight excluding hydrogens is 202 g/mol. The quantitative estimate of drug-likeness (QED) is 0.702. The number of rotatable bonds is 1. The molecule has 1 saturated heterocycles. The highest BCUT2D eigenvalue weighted by molar-refractivity contribution is 7.80. The van der Waals surface area contributed by atoms with Gasteiger partial charge in [0.1, 0.15) is 0 Å². The van der Waals surface area contributed by atoms with Crippen molar-refractivity contribution in [3.05, 3.63) is 23.2 Å². The Labute approximate surface area is 89.1 Å². The summed E-state index contributed by atoms with van der Waals surface area (Å²) in [5.74, 6) is 0.